The predicted octanol–water partition coefficient (Wildman–Crippen LogP) is 5.83. The zero-order valence-electron chi connectivity index (χ0n) is 22.6. The Bertz CT molecular complexity index is 2140. The van der Waals surface area contributed by atoms with Gasteiger partial charge in [-0.3, -0.25) is 9.36 Å². The molecule has 0 spiro atoms. The summed E-state index contributed by atoms with van der Waals surface area (Å²) in [6.07, 6.45) is 0. The van der Waals surface area contributed by atoms with Crippen molar-refractivity contribution in [2.75, 3.05) is 0 Å². The zero-order chi connectivity index (χ0) is 27.9. The van der Waals surface area contributed by atoms with Crippen molar-refractivity contribution in [3.05, 3.63) is 148 Å². The van der Waals surface area contributed by atoms with Gasteiger partial charge in [0, 0.05) is 11.5 Å². The van der Waals surface area contributed by atoms with E-state index in [2.05, 4.69) is 41.4 Å². The first-order chi connectivity index (χ1) is 20.2. The highest BCUT2D eigenvalue weighted by molar-refractivity contribution is 6.03. The van der Waals surface area contributed by atoms with Gasteiger partial charge in [-0.2, -0.15) is 9.55 Å². The largest absolute Gasteiger partial charge is 0.353 e. The van der Waals surface area contributed by atoms with Crippen LogP contribution in [-0.2, 0) is 13.1 Å². The summed E-state index contributed by atoms with van der Waals surface area (Å²) in [5.74, 6) is 0.347. The van der Waals surface area contributed by atoms with Crippen LogP contribution < -0.4 is 15.8 Å². The number of hydrogen-bond donors (Lipinski definition) is 0. The highest BCUT2D eigenvalue weighted by Crippen LogP contribution is 2.36. The minimum atomic E-state index is -0.568. The standard InChI is InChI=1S/C35H27N4O2/c1-2-37-28-20-9-10-21-29(28)39(33-32(37)34(40)38(35(41)36-33)23-24-13-5-3-6-14-24)30-22-12-18-26-17-11-19-27(31(26)30)25-15-7-4-8-16-25/h3-22H,2,23H2,1H3/q+1. The lowest BCUT2D eigenvalue weighted by Gasteiger charge is -2.20. The molecule has 6 nitrogen and oxygen atoms in total. The molecular weight excluding hydrogens is 508 g/mol. The highest BCUT2D eigenvalue weighted by Gasteiger charge is 2.32. The fraction of sp³-hybridized carbons (Fsp3) is 0.0857. The molecule has 5 aromatic carbocycles. The molecule has 0 saturated heterocycles. The molecule has 0 radical (unpaired) electrons. The van der Waals surface area contributed by atoms with Gasteiger partial charge in [0.2, 0.25) is 11.3 Å². The van der Waals surface area contributed by atoms with E-state index in [4.69, 9.17) is 0 Å². The Kier molecular flexibility index (Phi) is 6.01. The lowest BCUT2D eigenvalue weighted by Crippen LogP contribution is -2.49. The Morgan fingerprint density at radius 1 is 0.732 bits per heavy atom. The van der Waals surface area contributed by atoms with Crippen LogP contribution in [0.15, 0.2) is 131 Å². The molecular formula is C35H27N4O2+. The lowest BCUT2D eigenvalue weighted by molar-refractivity contribution is -0.658. The maximum Gasteiger partial charge on any atom is 0.353 e. The van der Waals surface area contributed by atoms with Crippen LogP contribution in [0, 0.1) is 0 Å². The van der Waals surface area contributed by atoms with E-state index in [0.29, 0.717) is 18.1 Å². The summed E-state index contributed by atoms with van der Waals surface area (Å²) in [4.78, 5) is 32.4. The van der Waals surface area contributed by atoms with Gasteiger partial charge < -0.3 is 0 Å². The molecule has 2 aliphatic heterocycles. The molecule has 6 heteroatoms. The number of fused-ring (bicyclic) bond motifs is 3. The molecule has 0 aliphatic carbocycles. The van der Waals surface area contributed by atoms with Crippen LogP contribution in [0.5, 0.6) is 0 Å². The molecule has 0 atom stereocenters. The maximum absolute atomic E-state index is 14.2. The van der Waals surface area contributed by atoms with Gasteiger partial charge in [-0.05, 0) is 41.1 Å². The molecule has 0 amide bonds. The normalized spacial score (nSPS) is 11.4. The van der Waals surface area contributed by atoms with E-state index in [9.17, 15) is 9.59 Å². The third kappa shape index (κ3) is 4.03. The Hall–Kier alpha value is -5.36. The SMILES string of the molecule is CC[n+]1c2c(=O)n(Cc3ccccc3)c(=O)nc-2n(-c2cccc3cccc(-c4ccccc4)c23)c2ccccc21. The number of benzene rings is 5. The minimum Gasteiger partial charge on any atom is -0.282 e. The van der Waals surface area contributed by atoms with Crippen LogP contribution in [-0.4, -0.2) is 14.1 Å². The average Bonchev–Trinajstić information content (AvgIpc) is 3.02. The van der Waals surface area contributed by atoms with Gasteiger partial charge in [-0.25, -0.2) is 9.36 Å². The van der Waals surface area contributed by atoms with Crippen LogP contribution in [0.4, 0.5) is 0 Å². The topological polar surface area (TPSA) is 60.8 Å². The molecule has 2 heterocycles. The second-order valence-electron chi connectivity index (χ2n) is 10.1. The van der Waals surface area contributed by atoms with Crippen molar-refractivity contribution >= 4 is 21.8 Å². The number of aromatic nitrogens is 4. The maximum atomic E-state index is 14.2. The fourth-order valence-corrected chi connectivity index (χ4v) is 5.87. The van der Waals surface area contributed by atoms with Gasteiger partial charge in [0.1, 0.15) is 12.1 Å². The average molecular weight is 536 g/mol. The summed E-state index contributed by atoms with van der Waals surface area (Å²) >= 11 is 0. The van der Waals surface area contributed by atoms with Crippen LogP contribution in [0.25, 0.3) is 50.1 Å². The second-order valence-corrected chi connectivity index (χ2v) is 10.1. The Labute approximate surface area is 236 Å². The smallest absolute Gasteiger partial charge is 0.282 e. The Morgan fingerprint density at radius 2 is 1.41 bits per heavy atom. The van der Waals surface area contributed by atoms with Crippen molar-refractivity contribution in [2.45, 2.75) is 20.0 Å². The Morgan fingerprint density at radius 3 is 2.17 bits per heavy atom. The first kappa shape index (κ1) is 24.7. The van der Waals surface area contributed by atoms with Gasteiger partial charge in [-0.15, -0.1) is 0 Å². The van der Waals surface area contributed by atoms with Gasteiger partial charge in [-0.1, -0.05) is 103 Å². The summed E-state index contributed by atoms with van der Waals surface area (Å²) < 4.78 is 5.20. The van der Waals surface area contributed by atoms with Crippen molar-refractivity contribution in [3.8, 4) is 28.3 Å². The molecule has 0 N–H and O–H groups in total. The first-order valence-corrected chi connectivity index (χ1v) is 13.8. The van der Waals surface area contributed by atoms with Gasteiger partial charge >= 0.3 is 16.9 Å². The molecule has 0 bridgehead atoms. The molecule has 198 valence electrons. The quantitative estimate of drug-likeness (QED) is 0.206. The molecule has 41 heavy (non-hydrogen) atoms. The summed E-state index contributed by atoms with van der Waals surface area (Å²) in [6.45, 7) is 2.71. The third-order valence-electron chi connectivity index (χ3n) is 7.70. The molecule has 0 fully saturated rings. The van der Waals surface area contributed by atoms with Crippen LogP contribution >= 0.6 is 0 Å². The zero-order valence-corrected chi connectivity index (χ0v) is 22.6. The number of para-hydroxylation sites is 2. The van der Waals surface area contributed by atoms with E-state index in [1.807, 2.05) is 101 Å². The third-order valence-corrected chi connectivity index (χ3v) is 7.70. The van der Waals surface area contributed by atoms with Crippen molar-refractivity contribution in [1.82, 2.24) is 14.1 Å². The van der Waals surface area contributed by atoms with Crippen molar-refractivity contribution in [2.24, 2.45) is 0 Å². The number of rotatable bonds is 5. The lowest BCUT2D eigenvalue weighted by atomic mass is 9.96. The second kappa shape index (κ2) is 9.99. The van der Waals surface area contributed by atoms with Gasteiger partial charge in [0.15, 0.2) is 0 Å². The molecule has 0 saturated carbocycles. The van der Waals surface area contributed by atoms with E-state index < -0.39 is 5.69 Å². The molecule has 0 unspecified atom stereocenters. The van der Waals surface area contributed by atoms with Gasteiger partial charge in [0.05, 0.1) is 12.2 Å². The predicted molar refractivity (Wildman–Crippen MR) is 163 cm³/mol. The fourth-order valence-electron chi connectivity index (χ4n) is 5.87. The van der Waals surface area contributed by atoms with E-state index >= 15 is 0 Å². The minimum absolute atomic E-state index is 0.157. The first-order valence-electron chi connectivity index (χ1n) is 13.8. The summed E-state index contributed by atoms with van der Waals surface area (Å²) in [5, 5.41) is 2.08. The van der Waals surface area contributed by atoms with Crippen LogP contribution in [0.3, 0.4) is 0 Å². The van der Waals surface area contributed by atoms with Crippen molar-refractivity contribution in [3.63, 3.8) is 0 Å². The monoisotopic (exact) mass is 535 g/mol. The van der Waals surface area contributed by atoms with E-state index in [1.54, 1.807) is 0 Å². The van der Waals surface area contributed by atoms with E-state index in [1.165, 1.54) is 4.57 Å². The van der Waals surface area contributed by atoms with Crippen LogP contribution in [0.1, 0.15) is 12.5 Å². The number of hydrogen-bond acceptors (Lipinski definition) is 3. The van der Waals surface area contributed by atoms with Crippen molar-refractivity contribution in [1.29, 1.82) is 0 Å². The van der Waals surface area contributed by atoms with E-state index in [0.717, 1.165) is 44.2 Å². The molecule has 5 aromatic rings. The van der Waals surface area contributed by atoms with E-state index in [-0.39, 0.29) is 12.1 Å². The summed E-state index contributed by atoms with van der Waals surface area (Å²) in [7, 11) is 0. The molecule has 7 rings (SSSR count). The summed E-state index contributed by atoms with van der Waals surface area (Å²) in [6, 6.07) is 40.2. The highest BCUT2D eigenvalue weighted by atomic mass is 16.2. The van der Waals surface area contributed by atoms with Crippen molar-refractivity contribution < 1.29 is 4.57 Å². The molecule has 2 aliphatic rings. The Balaban J connectivity index is 1.63. The van der Waals surface area contributed by atoms with Gasteiger partial charge in [0.25, 0.3) is 0 Å². The van der Waals surface area contributed by atoms with Crippen LogP contribution in [0.2, 0.25) is 0 Å². The number of nitrogens with zero attached hydrogens (tertiary/aromatic N) is 4. The number of aryl methyl sites for hydroxylation is 1. The summed E-state index contributed by atoms with van der Waals surface area (Å²) in [5.41, 5.74) is 5.11. The molecule has 0 aromatic heterocycles.